The molecule has 0 spiro atoms. The van der Waals surface area contributed by atoms with Crippen molar-refractivity contribution in [3.63, 3.8) is 0 Å². The fourth-order valence-electron chi connectivity index (χ4n) is 1.32. The predicted octanol–water partition coefficient (Wildman–Crippen LogP) is 0.558. The summed E-state index contributed by atoms with van der Waals surface area (Å²) in [7, 11) is -3.65. The Labute approximate surface area is 102 Å². The predicted molar refractivity (Wildman–Crippen MR) is 70.0 cm³/mol. The van der Waals surface area contributed by atoms with Gasteiger partial charge in [-0.15, -0.1) is 0 Å². The fraction of sp³-hybridized carbons (Fsp3) is 1.00. The van der Waals surface area contributed by atoms with Gasteiger partial charge in [-0.05, 0) is 19.8 Å². The van der Waals surface area contributed by atoms with Gasteiger partial charge in [-0.25, -0.2) is 8.42 Å². The van der Waals surface area contributed by atoms with E-state index in [0.717, 1.165) is 6.42 Å². The zero-order valence-corrected chi connectivity index (χ0v) is 12.0. The molecule has 16 heavy (non-hydrogen) atoms. The second-order valence-electron chi connectivity index (χ2n) is 4.07. The second kappa shape index (κ2) is 8.20. The standard InChI is InChI=1S/C10H23NO3S2/c1-4-8-16(13,14)9-6-11-10(2)5-7-15(3)12/h10-11H,4-9H2,1-3H3. The first-order valence-corrected chi connectivity index (χ1v) is 9.16. The van der Waals surface area contributed by atoms with Gasteiger partial charge in [0.05, 0.1) is 5.75 Å². The van der Waals surface area contributed by atoms with Gasteiger partial charge in [0.25, 0.3) is 0 Å². The van der Waals surface area contributed by atoms with Crippen LogP contribution in [0.1, 0.15) is 26.7 Å². The molecule has 0 saturated carbocycles. The van der Waals surface area contributed by atoms with E-state index in [2.05, 4.69) is 5.32 Å². The van der Waals surface area contributed by atoms with Crippen molar-refractivity contribution in [1.29, 1.82) is 0 Å². The van der Waals surface area contributed by atoms with Crippen LogP contribution in [-0.2, 0) is 20.6 Å². The fourth-order valence-corrected chi connectivity index (χ4v) is 3.26. The third kappa shape index (κ3) is 9.30. The molecule has 0 heterocycles. The highest BCUT2D eigenvalue weighted by atomic mass is 32.2. The molecule has 0 aliphatic rings. The average molecular weight is 269 g/mol. The quantitative estimate of drug-likeness (QED) is 0.664. The normalized spacial score (nSPS) is 15.9. The summed E-state index contributed by atoms with van der Waals surface area (Å²) in [5, 5.41) is 3.14. The summed E-state index contributed by atoms with van der Waals surface area (Å²) in [4.78, 5) is 0. The van der Waals surface area contributed by atoms with Crippen LogP contribution in [-0.4, -0.2) is 48.7 Å². The summed E-state index contributed by atoms with van der Waals surface area (Å²) in [6.07, 6.45) is 3.17. The molecule has 0 bridgehead atoms. The molecular weight excluding hydrogens is 246 g/mol. The van der Waals surface area contributed by atoms with E-state index in [-0.39, 0.29) is 17.5 Å². The molecule has 1 N–H and O–H groups in total. The molecule has 0 rings (SSSR count). The van der Waals surface area contributed by atoms with Gasteiger partial charge >= 0.3 is 0 Å². The molecular formula is C10H23NO3S2. The Bertz CT molecular complexity index is 301. The van der Waals surface area contributed by atoms with Crippen LogP contribution in [0, 0.1) is 0 Å². The highest BCUT2D eigenvalue weighted by Crippen LogP contribution is 1.95. The second-order valence-corrected chi connectivity index (χ2v) is 7.93. The van der Waals surface area contributed by atoms with Crippen LogP contribution < -0.4 is 5.32 Å². The van der Waals surface area contributed by atoms with E-state index in [0.29, 0.717) is 18.7 Å². The topological polar surface area (TPSA) is 63.2 Å². The molecule has 4 nitrogen and oxygen atoms in total. The van der Waals surface area contributed by atoms with Crippen molar-refractivity contribution >= 4 is 20.6 Å². The Morgan fingerprint density at radius 3 is 2.44 bits per heavy atom. The van der Waals surface area contributed by atoms with Gasteiger partial charge in [0, 0.05) is 41.1 Å². The molecule has 0 radical (unpaired) electrons. The molecule has 2 unspecified atom stereocenters. The molecule has 0 aromatic carbocycles. The van der Waals surface area contributed by atoms with E-state index in [1.165, 1.54) is 0 Å². The summed E-state index contributed by atoms with van der Waals surface area (Å²) in [5.74, 6) is 1.12. The van der Waals surface area contributed by atoms with Gasteiger partial charge in [0.2, 0.25) is 0 Å². The Morgan fingerprint density at radius 1 is 1.31 bits per heavy atom. The number of hydrogen-bond donors (Lipinski definition) is 1. The summed E-state index contributed by atoms with van der Waals surface area (Å²) < 4.78 is 33.6. The van der Waals surface area contributed by atoms with Gasteiger partial charge in [-0.2, -0.15) is 0 Å². The third-order valence-corrected chi connectivity index (χ3v) is 4.93. The maximum absolute atomic E-state index is 11.4. The lowest BCUT2D eigenvalue weighted by molar-refractivity contribution is 0.544. The van der Waals surface area contributed by atoms with Crippen molar-refractivity contribution in [2.24, 2.45) is 0 Å². The van der Waals surface area contributed by atoms with E-state index >= 15 is 0 Å². The Kier molecular flexibility index (Phi) is 8.23. The number of nitrogens with one attached hydrogen (secondary N) is 1. The van der Waals surface area contributed by atoms with Gasteiger partial charge < -0.3 is 5.32 Å². The average Bonchev–Trinajstić information content (AvgIpc) is 2.14. The minimum Gasteiger partial charge on any atom is -0.313 e. The summed E-state index contributed by atoms with van der Waals surface area (Å²) in [6, 6.07) is 0.223. The van der Waals surface area contributed by atoms with Crippen LogP contribution in [0.4, 0.5) is 0 Å². The van der Waals surface area contributed by atoms with E-state index in [1.54, 1.807) is 6.26 Å². The number of sulfone groups is 1. The minimum absolute atomic E-state index is 0.195. The molecule has 0 aromatic heterocycles. The molecule has 98 valence electrons. The maximum atomic E-state index is 11.4. The molecule has 0 fully saturated rings. The summed E-state index contributed by atoms with van der Waals surface area (Å²) in [6.45, 7) is 4.34. The first-order chi connectivity index (χ1) is 7.37. The zero-order chi connectivity index (χ0) is 12.6. The van der Waals surface area contributed by atoms with Crippen LogP contribution in [0.5, 0.6) is 0 Å². The van der Waals surface area contributed by atoms with Gasteiger partial charge in [0.15, 0.2) is 9.84 Å². The molecule has 6 heteroatoms. The lowest BCUT2D eigenvalue weighted by Crippen LogP contribution is -2.32. The third-order valence-electron chi connectivity index (χ3n) is 2.26. The van der Waals surface area contributed by atoms with Crippen molar-refractivity contribution in [1.82, 2.24) is 5.32 Å². The first-order valence-electron chi connectivity index (χ1n) is 5.61. The van der Waals surface area contributed by atoms with Gasteiger partial charge in [0.1, 0.15) is 0 Å². The first kappa shape index (κ1) is 16.1. The number of hydrogen-bond acceptors (Lipinski definition) is 4. The minimum atomic E-state index is -2.88. The van der Waals surface area contributed by atoms with E-state index < -0.39 is 20.6 Å². The highest BCUT2D eigenvalue weighted by molar-refractivity contribution is 7.91. The van der Waals surface area contributed by atoms with Crippen molar-refractivity contribution in [3.8, 4) is 0 Å². The summed E-state index contributed by atoms with van der Waals surface area (Å²) in [5.41, 5.74) is 0. The Balaban J connectivity index is 3.69. The van der Waals surface area contributed by atoms with Crippen LogP contribution in [0.2, 0.25) is 0 Å². The largest absolute Gasteiger partial charge is 0.313 e. The molecule has 0 aliphatic carbocycles. The Hall–Kier alpha value is 0.0600. The molecule has 0 amide bonds. The van der Waals surface area contributed by atoms with Crippen LogP contribution in [0.3, 0.4) is 0 Å². The lowest BCUT2D eigenvalue weighted by atomic mass is 10.3. The van der Waals surface area contributed by atoms with Gasteiger partial charge in [-0.3, -0.25) is 4.21 Å². The van der Waals surface area contributed by atoms with Crippen LogP contribution >= 0.6 is 0 Å². The van der Waals surface area contributed by atoms with Crippen molar-refractivity contribution in [3.05, 3.63) is 0 Å². The highest BCUT2D eigenvalue weighted by Gasteiger charge is 2.09. The van der Waals surface area contributed by atoms with E-state index in [4.69, 9.17) is 0 Å². The SMILES string of the molecule is CCCS(=O)(=O)CCNC(C)CCS(C)=O. The molecule has 0 aliphatic heterocycles. The van der Waals surface area contributed by atoms with Crippen molar-refractivity contribution in [2.75, 3.05) is 30.1 Å². The maximum Gasteiger partial charge on any atom is 0.151 e. The lowest BCUT2D eigenvalue weighted by Gasteiger charge is -2.12. The van der Waals surface area contributed by atoms with E-state index in [1.807, 2.05) is 13.8 Å². The van der Waals surface area contributed by atoms with Crippen LogP contribution in [0.15, 0.2) is 0 Å². The zero-order valence-electron chi connectivity index (χ0n) is 10.4. The molecule has 0 saturated heterocycles. The van der Waals surface area contributed by atoms with Crippen LogP contribution in [0.25, 0.3) is 0 Å². The van der Waals surface area contributed by atoms with Crippen molar-refractivity contribution in [2.45, 2.75) is 32.7 Å². The molecule has 2 atom stereocenters. The Morgan fingerprint density at radius 2 is 1.94 bits per heavy atom. The summed E-state index contributed by atoms with van der Waals surface area (Å²) >= 11 is 0. The van der Waals surface area contributed by atoms with E-state index in [9.17, 15) is 12.6 Å². The molecule has 0 aromatic rings. The number of rotatable bonds is 9. The van der Waals surface area contributed by atoms with Gasteiger partial charge in [-0.1, -0.05) is 6.92 Å². The smallest absolute Gasteiger partial charge is 0.151 e. The van der Waals surface area contributed by atoms with Crippen molar-refractivity contribution < 1.29 is 12.6 Å². The monoisotopic (exact) mass is 269 g/mol.